The second-order valence-electron chi connectivity index (χ2n) is 6.49. The van der Waals surface area contributed by atoms with E-state index in [0.717, 1.165) is 29.1 Å². The van der Waals surface area contributed by atoms with Crippen molar-refractivity contribution in [2.75, 3.05) is 13.7 Å². The fourth-order valence-corrected chi connectivity index (χ4v) is 3.00. The van der Waals surface area contributed by atoms with Crippen molar-refractivity contribution in [3.05, 3.63) is 54.1 Å². The number of hydrogen-bond acceptors (Lipinski definition) is 3. The van der Waals surface area contributed by atoms with Gasteiger partial charge in [0.15, 0.2) is 0 Å². The molecule has 140 valence electrons. The van der Waals surface area contributed by atoms with Crippen molar-refractivity contribution in [2.24, 2.45) is 5.92 Å². The number of rotatable bonds is 7. The molecule has 0 radical (unpaired) electrons. The number of ether oxygens (including phenoxy) is 2. The summed E-state index contributed by atoms with van der Waals surface area (Å²) in [5, 5.41) is 8.56. The van der Waals surface area contributed by atoms with Crippen molar-refractivity contribution in [1.82, 2.24) is 9.13 Å². The zero-order chi connectivity index (χ0) is 17.8. The summed E-state index contributed by atoms with van der Waals surface area (Å²) in [6.45, 7) is 6.33. The molecule has 6 heteroatoms. The number of imidazole rings is 1. The Morgan fingerprint density at radius 2 is 1.50 bits per heavy atom. The smallest absolute Gasteiger partial charge is 0.203 e. The van der Waals surface area contributed by atoms with Gasteiger partial charge in [0.05, 0.1) is 24.7 Å². The Hall–Kier alpha value is -2.21. The fourth-order valence-electron chi connectivity index (χ4n) is 3.00. The van der Waals surface area contributed by atoms with E-state index in [-0.39, 0.29) is 17.0 Å². The Labute approximate surface area is 164 Å². The molecule has 0 fully saturated rings. The summed E-state index contributed by atoms with van der Waals surface area (Å²) in [6.07, 6.45) is 0. The van der Waals surface area contributed by atoms with Crippen molar-refractivity contribution in [2.45, 2.75) is 26.9 Å². The zero-order valence-corrected chi connectivity index (χ0v) is 17.1. The van der Waals surface area contributed by atoms with Crippen LogP contribution >= 0.6 is 17.0 Å². The molecule has 0 saturated carbocycles. The van der Waals surface area contributed by atoms with Gasteiger partial charge < -0.3 is 18.6 Å². The van der Waals surface area contributed by atoms with Gasteiger partial charge in [-0.25, -0.2) is 0 Å². The Balaban J connectivity index is 0.00000243. The molecule has 1 aromatic heterocycles. The molecule has 0 aliphatic rings. The molecule has 26 heavy (non-hydrogen) atoms. The molecule has 3 aromatic rings. The number of hydrogen-bond donors (Lipinski definition) is 1. The molecule has 0 bridgehead atoms. The highest BCUT2D eigenvalue weighted by Gasteiger charge is 2.11. The number of halogens is 1. The van der Waals surface area contributed by atoms with Gasteiger partial charge in [0, 0.05) is 6.54 Å². The number of para-hydroxylation sites is 2. The number of benzene rings is 2. The number of aromatic nitrogens is 2. The maximum Gasteiger partial charge on any atom is 0.203 e. The molecular formula is C20H26BrN3O2. The highest BCUT2D eigenvalue weighted by atomic mass is 79.9. The van der Waals surface area contributed by atoms with Crippen molar-refractivity contribution in [3.63, 3.8) is 0 Å². The lowest BCUT2D eigenvalue weighted by molar-refractivity contribution is 0.295. The fraction of sp³-hybridized carbons (Fsp3) is 0.350. The first-order valence-electron chi connectivity index (χ1n) is 8.59. The molecule has 1 heterocycles. The van der Waals surface area contributed by atoms with Crippen molar-refractivity contribution >= 4 is 28.0 Å². The van der Waals surface area contributed by atoms with Crippen LogP contribution in [0.1, 0.15) is 13.8 Å². The van der Waals surface area contributed by atoms with E-state index in [2.05, 4.69) is 30.5 Å². The van der Waals surface area contributed by atoms with Crippen LogP contribution in [0.5, 0.6) is 11.5 Å². The predicted octanol–water partition coefficient (Wildman–Crippen LogP) is 4.24. The number of fused-ring (bicyclic) bond motifs is 1. The van der Waals surface area contributed by atoms with Gasteiger partial charge in [0.25, 0.3) is 0 Å². The van der Waals surface area contributed by atoms with E-state index in [0.29, 0.717) is 24.7 Å². The van der Waals surface area contributed by atoms with E-state index >= 15 is 0 Å². The van der Waals surface area contributed by atoms with Gasteiger partial charge in [-0.2, -0.15) is 0 Å². The van der Waals surface area contributed by atoms with Crippen molar-refractivity contribution in [1.29, 1.82) is 5.41 Å². The average molecular weight is 420 g/mol. The summed E-state index contributed by atoms with van der Waals surface area (Å²) >= 11 is 0. The van der Waals surface area contributed by atoms with Crippen LogP contribution in [0.2, 0.25) is 0 Å². The number of nitrogens with zero attached hydrogens (tertiary/aromatic N) is 2. The average Bonchev–Trinajstić information content (AvgIpc) is 2.88. The summed E-state index contributed by atoms with van der Waals surface area (Å²) in [7, 11) is 1.65. The predicted molar refractivity (Wildman–Crippen MR) is 109 cm³/mol. The zero-order valence-electron chi connectivity index (χ0n) is 15.4. The minimum atomic E-state index is 0. The van der Waals surface area contributed by atoms with E-state index < -0.39 is 0 Å². The SMILES string of the molecule is Br.COc1ccc(OCCn2c(=N)n(CC(C)C)c3ccccc32)cc1. The summed E-state index contributed by atoms with van der Waals surface area (Å²) < 4.78 is 15.1. The molecule has 1 N–H and O–H groups in total. The van der Waals surface area contributed by atoms with E-state index in [9.17, 15) is 0 Å². The van der Waals surface area contributed by atoms with E-state index in [4.69, 9.17) is 14.9 Å². The molecule has 5 nitrogen and oxygen atoms in total. The number of nitrogens with one attached hydrogen (secondary N) is 1. The van der Waals surface area contributed by atoms with Gasteiger partial charge in [-0.1, -0.05) is 26.0 Å². The third-order valence-corrected chi connectivity index (χ3v) is 4.17. The topological polar surface area (TPSA) is 52.2 Å². The van der Waals surface area contributed by atoms with Crippen LogP contribution in [0.3, 0.4) is 0 Å². The van der Waals surface area contributed by atoms with Crippen LogP contribution in [-0.2, 0) is 13.1 Å². The Morgan fingerprint density at radius 3 is 2.08 bits per heavy atom. The summed E-state index contributed by atoms with van der Waals surface area (Å²) in [4.78, 5) is 0. The molecule has 2 aromatic carbocycles. The molecule has 0 aliphatic carbocycles. The summed E-state index contributed by atoms with van der Waals surface area (Å²) in [6, 6.07) is 15.7. The minimum Gasteiger partial charge on any atom is -0.497 e. The first-order valence-corrected chi connectivity index (χ1v) is 8.59. The van der Waals surface area contributed by atoms with Crippen LogP contribution in [0, 0.1) is 11.3 Å². The Kier molecular flexibility index (Phi) is 6.91. The Bertz CT molecular complexity index is 898. The lowest BCUT2D eigenvalue weighted by Gasteiger charge is -2.09. The van der Waals surface area contributed by atoms with Crippen LogP contribution < -0.4 is 15.1 Å². The Morgan fingerprint density at radius 1 is 0.923 bits per heavy atom. The quantitative estimate of drug-likeness (QED) is 0.622. The largest absolute Gasteiger partial charge is 0.497 e. The lowest BCUT2D eigenvalue weighted by atomic mass is 10.2. The van der Waals surface area contributed by atoms with Gasteiger partial charge >= 0.3 is 0 Å². The van der Waals surface area contributed by atoms with Gasteiger partial charge in [0.1, 0.15) is 18.1 Å². The standard InChI is InChI=1S/C20H25N3O2.BrH/c1-15(2)14-23-19-7-5-4-6-18(19)22(20(23)21)12-13-25-17-10-8-16(24-3)9-11-17;/h4-11,15,21H,12-14H2,1-3H3;1H. The monoisotopic (exact) mass is 419 g/mol. The van der Waals surface area contributed by atoms with Crippen LogP contribution in [0.4, 0.5) is 0 Å². The molecule has 0 aliphatic heterocycles. The molecule has 3 rings (SSSR count). The first-order chi connectivity index (χ1) is 12.1. The summed E-state index contributed by atoms with van der Waals surface area (Å²) in [5.74, 6) is 2.11. The van der Waals surface area contributed by atoms with Gasteiger partial charge in [0.2, 0.25) is 5.62 Å². The van der Waals surface area contributed by atoms with Crippen LogP contribution in [0.25, 0.3) is 11.0 Å². The maximum atomic E-state index is 8.56. The third-order valence-electron chi connectivity index (χ3n) is 4.17. The molecule has 0 spiro atoms. The van der Waals surface area contributed by atoms with Crippen molar-refractivity contribution in [3.8, 4) is 11.5 Å². The molecule has 0 amide bonds. The second kappa shape index (κ2) is 8.94. The lowest BCUT2D eigenvalue weighted by Crippen LogP contribution is -2.27. The number of methoxy groups -OCH3 is 1. The van der Waals surface area contributed by atoms with Gasteiger partial charge in [-0.3, -0.25) is 5.41 Å². The third kappa shape index (κ3) is 4.30. The summed E-state index contributed by atoms with van der Waals surface area (Å²) in [5.41, 5.74) is 2.70. The molecular weight excluding hydrogens is 394 g/mol. The van der Waals surface area contributed by atoms with Gasteiger partial charge in [-0.15, -0.1) is 17.0 Å². The second-order valence-corrected chi connectivity index (χ2v) is 6.49. The van der Waals surface area contributed by atoms with Gasteiger partial charge in [-0.05, 0) is 42.3 Å². The molecule has 0 saturated heterocycles. The van der Waals surface area contributed by atoms with E-state index in [1.165, 1.54) is 0 Å². The molecule has 0 unspecified atom stereocenters. The normalized spacial score (nSPS) is 10.8. The highest BCUT2D eigenvalue weighted by molar-refractivity contribution is 8.93. The molecule has 0 atom stereocenters. The van der Waals surface area contributed by atoms with E-state index in [1.807, 2.05) is 41.0 Å². The van der Waals surface area contributed by atoms with Crippen molar-refractivity contribution < 1.29 is 9.47 Å². The highest BCUT2D eigenvalue weighted by Crippen LogP contribution is 2.18. The first kappa shape index (κ1) is 20.1. The maximum absolute atomic E-state index is 8.56. The van der Waals surface area contributed by atoms with Crippen LogP contribution in [0.15, 0.2) is 48.5 Å². The van der Waals surface area contributed by atoms with E-state index in [1.54, 1.807) is 7.11 Å². The minimum absolute atomic E-state index is 0. The van der Waals surface area contributed by atoms with Crippen LogP contribution in [-0.4, -0.2) is 22.9 Å².